The molecular formula is C12H16O2S. The summed E-state index contributed by atoms with van der Waals surface area (Å²) in [6.45, 7) is 2.54. The maximum atomic E-state index is 5.72. The van der Waals surface area contributed by atoms with Gasteiger partial charge in [0.05, 0.1) is 6.61 Å². The second-order valence-electron chi connectivity index (χ2n) is 3.86. The molecule has 0 bridgehead atoms. The highest BCUT2D eigenvalue weighted by Crippen LogP contribution is 2.19. The number of benzene rings is 1. The van der Waals surface area contributed by atoms with Crippen LogP contribution in [0.4, 0.5) is 0 Å². The minimum atomic E-state index is 0.641. The molecular weight excluding hydrogens is 208 g/mol. The van der Waals surface area contributed by atoms with E-state index in [1.165, 1.54) is 0 Å². The van der Waals surface area contributed by atoms with Crippen LogP contribution in [0.3, 0.4) is 0 Å². The van der Waals surface area contributed by atoms with Crippen molar-refractivity contribution >= 4 is 12.6 Å². The second-order valence-corrected chi connectivity index (χ2v) is 4.38. The zero-order chi connectivity index (χ0) is 10.5. The van der Waals surface area contributed by atoms with Crippen LogP contribution >= 0.6 is 12.6 Å². The van der Waals surface area contributed by atoms with Crippen LogP contribution in [0.2, 0.25) is 0 Å². The summed E-state index contributed by atoms with van der Waals surface area (Å²) >= 11 is 4.27. The highest BCUT2D eigenvalue weighted by atomic mass is 32.1. The van der Waals surface area contributed by atoms with Crippen LogP contribution in [0.1, 0.15) is 12.8 Å². The van der Waals surface area contributed by atoms with Crippen LogP contribution in [-0.2, 0) is 4.74 Å². The first-order valence-corrected chi connectivity index (χ1v) is 5.79. The van der Waals surface area contributed by atoms with Gasteiger partial charge in [-0.25, -0.2) is 0 Å². The summed E-state index contributed by atoms with van der Waals surface area (Å²) in [6.07, 6.45) is 2.22. The standard InChI is InChI=1S/C12H16O2S/c15-12-3-1-2-11(8-12)14-9-10-4-6-13-7-5-10/h1-3,8,10,15H,4-7,9H2. The summed E-state index contributed by atoms with van der Waals surface area (Å²) in [4.78, 5) is 0.944. The summed E-state index contributed by atoms with van der Waals surface area (Å²) in [5.41, 5.74) is 0. The average molecular weight is 224 g/mol. The molecule has 0 aliphatic carbocycles. The van der Waals surface area contributed by atoms with Crippen molar-refractivity contribution in [2.45, 2.75) is 17.7 Å². The van der Waals surface area contributed by atoms with Crippen molar-refractivity contribution in [1.29, 1.82) is 0 Å². The maximum absolute atomic E-state index is 5.72. The third-order valence-electron chi connectivity index (χ3n) is 2.64. The molecule has 0 unspecified atom stereocenters. The molecule has 1 aromatic carbocycles. The minimum absolute atomic E-state index is 0.641. The predicted molar refractivity (Wildman–Crippen MR) is 62.7 cm³/mol. The molecule has 3 heteroatoms. The first-order chi connectivity index (χ1) is 7.34. The largest absolute Gasteiger partial charge is 0.493 e. The van der Waals surface area contributed by atoms with E-state index in [0.29, 0.717) is 5.92 Å². The first kappa shape index (κ1) is 10.8. The molecule has 1 heterocycles. The van der Waals surface area contributed by atoms with E-state index in [2.05, 4.69) is 12.6 Å². The normalized spacial score (nSPS) is 17.7. The highest BCUT2D eigenvalue weighted by molar-refractivity contribution is 7.80. The maximum Gasteiger partial charge on any atom is 0.120 e. The third-order valence-corrected chi connectivity index (χ3v) is 2.92. The number of hydrogen-bond acceptors (Lipinski definition) is 3. The van der Waals surface area contributed by atoms with Gasteiger partial charge in [-0.05, 0) is 37.0 Å². The molecule has 0 spiro atoms. The van der Waals surface area contributed by atoms with Crippen molar-refractivity contribution in [2.24, 2.45) is 5.92 Å². The molecule has 0 aromatic heterocycles. The van der Waals surface area contributed by atoms with Gasteiger partial charge in [-0.3, -0.25) is 0 Å². The fraction of sp³-hybridized carbons (Fsp3) is 0.500. The van der Waals surface area contributed by atoms with Gasteiger partial charge in [-0.2, -0.15) is 0 Å². The van der Waals surface area contributed by atoms with Crippen molar-refractivity contribution in [3.63, 3.8) is 0 Å². The Hall–Kier alpha value is -0.670. The van der Waals surface area contributed by atoms with Gasteiger partial charge in [0, 0.05) is 18.1 Å². The Morgan fingerprint density at radius 3 is 2.87 bits per heavy atom. The number of ether oxygens (including phenoxy) is 2. The van der Waals surface area contributed by atoms with Crippen LogP contribution < -0.4 is 4.74 Å². The Balaban J connectivity index is 1.81. The van der Waals surface area contributed by atoms with Gasteiger partial charge in [0.25, 0.3) is 0 Å². The van der Waals surface area contributed by atoms with Crippen LogP contribution in [0.5, 0.6) is 5.75 Å². The van der Waals surface area contributed by atoms with Gasteiger partial charge in [-0.15, -0.1) is 12.6 Å². The topological polar surface area (TPSA) is 18.5 Å². The molecule has 1 fully saturated rings. The number of thiol groups is 1. The lowest BCUT2D eigenvalue weighted by atomic mass is 10.0. The average Bonchev–Trinajstić information content (AvgIpc) is 2.28. The quantitative estimate of drug-likeness (QED) is 0.796. The van der Waals surface area contributed by atoms with Crippen molar-refractivity contribution < 1.29 is 9.47 Å². The van der Waals surface area contributed by atoms with E-state index in [9.17, 15) is 0 Å². The molecule has 0 atom stereocenters. The molecule has 1 aromatic rings. The molecule has 1 saturated heterocycles. The molecule has 1 aliphatic heterocycles. The van der Waals surface area contributed by atoms with Gasteiger partial charge >= 0.3 is 0 Å². The number of hydrogen-bond donors (Lipinski definition) is 1. The smallest absolute Gasteiger partial charge is 0.120 e. The van der Waals surface area contributed by atoms with Crippen molar-refractivity contribution in [1.82, 2.24) is 0 Å². The van der Waals surface area contributed by atoms with Gasteiger partial charge < -0.3 is 9.47 Å². The first-order valence-electron chi connectivity index (χ1n) is 5.34. The van der Waals surface area contributed by atoms with Crippen molar-refractivity contribution in [3.8, 4) is 5.75 Å². The second kappa shape index (κ2) is 5.42. The van der Waals surface area contributed by atoms with Crippen molar-refractivity contribution in [2.75, 3.05) is 19.8 Å². The minimum Gasteiger partial charge on any atom is -0.493 e. The SMILES string of the molecule is Sc1cccc(OCC2CCOCC2)c1. The Morgan fingerprint density at radius 2 is 2.13 bits per heavy atom. The molecule has 1 aliphatic rings. The fourth-order valence-electron chi connectivity index (χ4n) is 1.70. The summed E-state index contributed by atoms with van der Waals surface area (Å²) in [7, 11) is 0. The van der Waals surface area contributed by atoms with Crippen LogP contribution in [0.15, 0.2) is 29.2 Å². The molecule has 0 saturated carbocycles. The molecule has 2 rings (SSSR count). The van der Waals surface area contributed by atoms with Gasteiger partial charge in [0.1, 0.15) is 5.75 Å². The van der Waals surface area contributed by atoms with E-state index in [-0.39, 0.29) is 0 Å². The van der Waals surface area contributed by atoms with Gasteiger partial charge in [0.2, 0.25) is 0 Å². The zero-order valence-corrected chi connectivity index (χ0v) is 9.58. The van der Waals surface area contributed by atoms with E-state index in [1.807, 2.05) is 24.3 Å². The van der Waals surface area contributed by atoms with Gasteiger partial charge in [0.15, 0.2) is 0 Å². The Bertz CT molecular complexity index is 308. The van der Waals surface area contributed by atoms with E-state index >= 15 is 0 Å². The summed E-state index contributed by atoms with van der Waals surface area (Å²) in [6, 6.07) is 7.83. The third kappa shape index (κ3) is 3.43. The molecule has 82 valence electrons. The lowest BCUT2D eigenvalue weighted by molar-refractivity contribution is 0.0497. The van der Waals surface area contributed by atoms with Gasteiger partial charge in [-0.1, -0.05) is 6.07 Å². The Morgan fingerprint density at radius 1 is 1.33 bits per heavy atom. The van der Waals surface area contributed by atoms with E-state index in [4.69, 9.17) is 9.47 Å². The van der Waals surface area contributed by atoms with E-state index in [1.54, 1.807) is 0 Å². The molecule has 0 N–H and O–H groups in total. The predicted octanol–water partition coefficient (Wildman–Crippen LogP) is 2.78. The van der Waals surface area contributed by atoms with Crippen LogP contribution in [0.25, 0.3) is 0 Å². The fourth-order valence-corrected chi connectivity index (χ4v) is 1.91. The lowest BCUT2D eigenvalue weighted by Crippen LogP contribution is -2.21. The summed E-state index contributed by atoms with van der Waals surface area (Å²) < 4.78 is 11.0. The van der Waals surface area contributed by atoms with Crippen molar-refractivity contribution in [3.05, 3.63) is 24.3 Å². The van der Waals surface area contributed by atoms with E-state index in [0.717, 1.165) is 43.3 Å². The molecule has 15 heavy (non-hydrogen) atoms. The summed E-state index contributed by atoms with van der Waals surface area (Å²) in [5.74, 6) is 1.55. The number of rotatable bonds is 3. The monoisotopic (exact) mass is 224 g/mol. The molecule has 2 nitrogen and oxygen atoms in total. The van der Waals surface area contributed by atoms with E-state index < -0.39 is 0 Å². The lowest BCUT2D eigenvalue weighted by Gasteiger charge is -2.22. The summed E-state index contributed by atoms with van der Waals surface area (Å²) in [5, 5.41) is 0. The Kier molecular flexibility index (Phi) is 3.92. The molecule has 0 radical (unpaired) electrons. The van der Waals surface area contributed by atoms with Crippen LogP contribution in [-0.4, -0.2) is 19.8 Å². The Labute approximate surface area is 96.0 Å². The highest BCUT2D eigenvalue weighted by Gasteiger charge is 2.14. The van der Waals surface area contributed by atoms with Crippen LogP contribution in [0, 0.1) is 5.92 Å². The zero-order valence-electron chi connectivity index (χ0n) is 8.69. The molecule has 0 amide bonds.